The Bertz CT molecular complexity index is 812. The molecule has 0 bridgehead atoms. The summed E-state index contributed by atoms with van der Waals surface area (Å²) < 4.78 is 26.0. The molecule has 0 rings (SSSR count). The molecule has 0 aromatic heterocycles. The Kier molecular flexibility index (Phi) is 57.0. The standard InChI is InChI=1S/C26H57O3P.4C8H17O.Ti/c1-3-5-7-9-11-13-15-17-19-21-23-25-30(27,28,29)26-24-22-20-18-16-14-12-10-8-6-4-2;4*1-2-3-4-5-6-7-8-9;/h27-29H,3-26H2,1-2H3;4*2-8H2,1H3;/q;4*-1;+4. The Morgan fingerprint density at radius 2 is 0.373 bits per heavy atom. The van der Waals surface area contributed by atoms with Crippen molar-refractivity contribution in [3.05, 3.63) is 0 Å². The maximum atomic E-state index is 10.3. The normalized spacial score (nSPS) is 12.6. The molecule has 0 saturated carbocycles. The quantitative estimate of drug-likeness (QED) is 0.0317. The summed E-state index contributed by atoms with van der Waals surface area (Å²) in [6.07, 6.45) is 57.9. The van der Waals surface area contributed by atoms with E-state index in [1.54, 1.807) is 0 Å². The molecular weight excluding hydrogens is 887 g/mol. The second-order valence-electron chi connectivity index (χ2n) is 20.8. The zero-order valence-electron chi connectivity index (χ0n) is 46.7. The first-order valence-electron chi connectivity index (χ1n) is 30.4. The Labute approximate surface area is 426 Å². The van der Waals surface area contributed by atoms with Crippen LogP contribution in [0.4, 0.5) is 0 Å². The third-order valence-electron chi connectivity index (χ3n) is 13.5. The first kappa shape index (κ1) is 69.9. The third kappa shape index (κ3) is 56.0. The summed E-state index contributed by atoms with van der Waals surface area (Å²) in [6, 6.07) is 0. The van der Waals surface area contributed by atoms with Crippen molar-refractivity contribution < 1.29 is 46.1 Å². The van der Waals surface area contributed by atoms with Crippen molar-refractivity contribution >= 4 is 7.28 Å². The van der Waals surface area contributed by atoms with Gasteiger partial charge in [0.1, 0.15) is 0 Å². The zero-order valence-corrected chi connectivity index (χ0v) is 49.1. The van der Waals surface area contributed by atoms with Gasteiger partial charge in [0, 0.05) is 0 Å². The fraction of sp³-hybridized carbons (Fsp3) is 1.00. The van der Waals surface area contributed by atoms with Gasteiger partial charge < -0.3 is 0 Å². The molecule has 0 heterocycles. The van der Waals surface area contributed by atoms with Gasteiger partial charge in [-0.15, -0.1) is 0 Å². The summed E-state index contributed by atoms with van der Waals surface area (Å²) >= 11 is -3.72. The van der Waals surface area contributed by atoms with Gasteiger partial charge in [-0.3, -0.25) is 0 Å². The summed E-state index contributed by atoms with van der Waals surface area (Å²) in [5.74, 6) is 0. The fourth-order valence-corrected chi connectivity index (χ4v) is 14.1. The average Bonchev–Trinajstić information content (AvgIpc) is 3.31. The molecule has 0 aliphatic rings. The van der Waals surface area contributed by atoms with Crippen LogP contribution in [-0.2, 0) is 31.4 Å². The van der Waals surface area contributed by atoms with Crippen LogP contribution in [0.15, 0.2) is 0 Å². The molecule has 67 heavy (non-hydrogen) atoms. The van der Waals surface area contributed by atoms with Gasteiger partial charge in [-0.05, 0) is 0 Å². The molecule has 408 valence electrons. The van der Waals surface area contributed by atoms with Crippen molar-refractivity contribution in [2.24, 2.45) is 0 Å². The molecule has 7 nitrogen and oxygen atoms in total. The molecule has 0 spiro atoms. The van der Waals surface area contributed by atoms with E-state index in [9.17, 15) is 14.7 Å². The van der Waals surface area contributed by atoms with E-state index in [0.29, 0.717) is 0 Å². The van der Waals surface area contributed by atoms with Crippen LogP contribution in [0.3, 0.4) is 0 Å². The van der Waals surface area contributed by atoms with E-state index in [1.807, 2.05) is 0 Å². The van der Waals surface area contributed by atoms with Crippen LogP contribution in [0.2, 0.25) is 0 Å². The Morgan fingerprint density at radius 1 is 0.224 bits per heavy atom. The summed E-state index contributed by atoms with van der Waals surface area (Å²) in [4.78, 5) is 30.9. The van der Waals surface area contributed by atoms with Crippen molar-refractivity contribution in [2.45, 2.75) is 337 Å². The maximum absolute atomic E-state index is 10.3. The molecule has 0 aliphatic heterocycles. The molecule has 9 heteroatoms. The predicted molar refractivity (Wildman–Crippen MR) is 294 cm³/mol. The van der Waals surface area contributed by atoms with Crippen LogP contribution in [0.25, 0.3) is 0 Å². The second-order valence-corrected chi connectivity index (χ2v) is 27.8. The number of hydrogen-bond donors (Lipinski definition) is 3. The molecule has 0 amide bonds. The molecule has 0 saturated heterocycles. The summed E-state index contributed by atoms with van der Waals surface area (Å²) in [5.41, 5.74) is 0. The van der Waals surface area contributed by atoms with Gasteiger partial charge in [-0.1, -0.05) is 13.8 Å². The molecule has 0 aliphatic carbocycles. The molecular formula is C58H125O7PTi. The van der Waals surface area contributed by atoms with Crippen molar-refractivity contribution in [3.63, 3.8) is 0 Å². The first-order valence-corrected chi connectivity index (χ1v) is 35.5. The van der Waals surface area contributed by atoms with Crippen molar-refractivity contribution in [1.82, 2.24) is 0 Å². The topological polar surface area (TPSA) is 97.6 Å². The van der Waals surface area contributed by atoms with E-state index >= 15 is 0 Å². The molecule has 3 N–H and O–H groups in total. The van der Waals surface area contributed by atoms with Gasteiger partial charge in [0.05, 0.1) is 0 Å². The van der Waals surface area contributed by atoms with Crippen molar-refractivity contribution in [2.75, 3.05) is 38.8 Å². The molecule has 0 fully saturated rings. The molecule has 0 unspecified atom stereocenters. The number of unbranched alkanes of at least 4 members (excludes halogenated alkanes) is 40. The molecule has 0 aromatic rings. The molecule has 0 radical (unpaired) electrons. The SMILES string of the molecule is CCCCCCCCCCCCCP(O)(O)(O)CCCCCCCCCCCCC.CCCCCCCC[O][Ti]([O]CCCCCCCC)([O]CCCCCCCC)[O]CCCCCCCC. The van der Waals surface area contributed by atoms with E-state index < -0.39 is 25.4 Å². The van der Waals surface area contributed by atoms with E-state index in [4.69, 9.17) is 13.3 Å². The van der Waals surface area contributed by atoms with Gasteiger partial charge in [-0.2, -0.15) is 0 Å². The van der Waals surface area contributed by atoms with Crippen LogP contribution in [0, 0.1) is 0 Å². The van der Waals surface area contributed by atoms with Crippen molar-refractivity contribution in [1.29, 1.82) is 0 Å². The summed E-state index contributed by atoms with van der Waals surface area (Å²) in [6.45, 7) is 16.5. The van der Waals surface area contributed by atoms with E-state index in [2.05, 4.69) is 41.5 Å². The van der Waals surface area contributed by atoms with Gasteiger partial charge in [0.2, 0.25) is 0 Å². The van der Waals surface area contributed by atoms with Gasteiger partial charge in [-0.25, -0.2) is 0 Å². The third-order valence-corrected chi connectivity index (χ3v) is 19.5. The Balaban J connectivity index is 0. The minimum atomic E-state index is -4.36. The van der Waals surface area contributed by atoms with Gasteiger partial charge in [0.25, 0.3) is 0 Å². The summed E-state index contributed by atoms with van der Waals surface area (Å²) in [7, 11) is -4.36. The minimum absolute atomic E-state index is 0.209. The van der Waals surface area contributed by atoms with Crippen LogP contribution in [-0.4, -0.2) is 53.4 Å². The predicted octanol–water partition coefficient (Wildman–Crippen LogP) is 20.2. The van der Waals surface area contributed by atoms with E-state index in [0.717, 1.165) is 90.6 Å². The monoisotopic (exact) mass is 1010 g/mol. The average molecular weight is 1010 g/mol. The van der Waals surface area contributed by atoms with Gasteiger partial charge in [0.15, 0.2) is 0 Å². The van der Waals surface area contributed by atoms with Crippen LogP contribution in [0.1, 0.15) is 337 Å². The Hall–Kier alpha value is 0.864. The van der Waals surface area contributed by atoms with Crippen LogP contribution >= 0.6 is 7.28 Å². The zero-order chi connectivity index (χ0) is 49.5. The number of rotatable bonds is 56. The second kappa shape index (κ2) is 54.6. The van der Waals surface area contributed by atoms with Crippen LogP contribution in [0.5, 0.6) is 0 Å². The summed E-state index contributed by atoms with van der Waals surface area (Å²) in [5, 5.41) is 0. The number of hydrogen-bond acceptors (Lipinski definition) is 7. The molecule has 0 atom stereocenters. The van der Waals surface area contributed by atoms with E-state index in [-0.39, 0.29) is 12.3 Å². The fourth-order valence-electron chi connectivity index (χ4n) is 8.88. The van der Waals surface area contributed by atoms with E-state index in [1.165, 1.54) is 231 Å². The first-order chi connectivity index (χ1) is 32.6. The van der Waals surface area contributed by atoms with Gasteiger partial charge >= 0.3 is 415 Å². The molecule has 0 aromatic carbocycles. The van der Waals surface area contributed by atoms with Crippen molar-refractivity contribution in [3.8, 4) is 0 Å². The Morgan fingerprint density at radius 3 is 0.552 bits per heavy atom. The van der Waals surface area contributed by atoms with Crippen LogP contribution < -0.4 is 0 Å².